The first-order valence-corrected chi connectivity index (χ1v) is 4.22. The van der Waals surface area contributed by atoms with Crippen molar-refractivity contribution in [3.05, 3.63) is 21.9 Å². The maximum atomic E-state index is 9.92. The van der Waals surface area contributed by atoms with E-state index in [-0.39, 0.29) is 23.6 Å². The van der Waals surface area contributed by atoms with Gasteiger partial charge in [-0.3, -0.25) is 0 Å². The van der Waals surface area contributed by atoms with E-state index >= 15 is 0 Å². The van der Waals surface area contributed by atoms with E-state index < -0.39 is 18.3 Å². The number of aromatic nitrogens is 4. The van der Waals surface area contributed by atoms with Gasteiger partial charge in [-0.1, -0.05) is 0 Å². The van der Waals surface area contributed by atoms with E-state index in [9.17, 15) is 10.1 Å². The first-order valence-electron chi connectivity index (χ1n) is 4.22. The SMILES string of the molecule is O=[N+]([O-])OCc1nnc(-c2nnc(CO)o2)o1. The third kappa shape index (κ3) is 2.52. The molecule has 0 aromatic carbocycles. The fourth-order valence-corrected chi connectivity index (χ4v) is 0.910. The summed E-state index contributed by atoms with van der Waals surface area (Å²) in [7, 11) is 0. The van der Waals surface area contributed by atoms with Crippen molar-refractivity contribution in [1.82, 2.24) is 20.4 Å². The number of nitrogens with zero attached hydrogens (tertiary/aromatic N) is 5. The van der Waals surface area contributed by atoms with Crippen molar-refractivity contribution >= 4 is 0 Å². The van der Waals surface area contributed by atoms with Gasteiger partial charge in [-0.15, -0.1) is 30.5 Å². The summed E-state index contributed by atoms with van der Waals surface area (Å²) in [5.41, 5.74) is 0. The zero-order valence-corrected chi connectivity index (χ0v) is 8.14. The van der Waals surface area contributed by atoms with Gasteiger partial charge in [0.05, 0.1) is 0 Å². The Hall–Kier alpha value is -2.56. The lowest BCUT2D eigenvalue weighted by Crippen LogP contribution is -2.00. The van der Waals surface area contributed by atoms with Gasteiger partial charge in [-0.2, -0.15) is 0 Å². The minimum Gasteiger partial charge on any atom is -0.415 e. The average Bonchev–Trinajstić information content (AvgIpc) is 2.94. The van der Waals surface area contributed by atoms with Gasteiger partial charge in [0.15, 0.2) is 6.61 Å². The average molecular weight is 243 g/mol. The second-order valence-electron chi connectivity index (χ2n) is 2.66. The normalized spacial score (nSPS) is 10.4. The van der Waals surface area contributed by atoms with E-state index in [2.05, 4.69) is 25.2 Å². The van der Waals surface area contributed by atoms with Crippen LogP contribution in [0.25, 0.3) is 11.8 Å². The highest BCUT2D eigenvalue weighted by Gasteiger charge is 2.16. The first kappa shape index (κ1) is 10.9. The Morgan fingerprint density at radius 1 is 1.18 bits per heavy atom. The van der Waals surface area contributed by atoms with Crippen LogP contribution >= 0.6 is 0 Å². The zero-order chi connectivity index (χ0) is 12.3. The summed E-state index contributed by atoms with van der Waals surface area (Å²) in [6, 6.07) is 0. The van der Waals surface area contributed by atoms with Crippen molar-refractivity contribution in [3.8, 4) is 11.8 Å². The fourth-order valence-electron chi connectivity index (χ4n) is 0.910. The Morgan fingerprint density at radius 3 is 2.29 bits per heavy atom. The molecule has 2 rings (SSSR count). The summed E-state index contributed by atoms with van der Waals surface area (Å²) in [6.45, 7) is -0.889. The van der Waals surface area contributed by atoms with Crippen LogP contribution in [0.15, 0.2) is 8.83 Å². The molecule has 11 nitrogen and oxygen atoms in total. The van der Waals surface area contributed by atoms with Gasteiger partial charge in [0.1, 0.15) is 6.61 Å². The molecule has 2 heterocycles. The van der Waals surface area contributed by atoms with Gasteiger partial charge in [0.25, 0.3) is 5.09 Å². The lowest BCUT2D eigenvalue weighted by atomic mass is 10.6. The van der Waals surface area contributed by atoms with Gasteiger partial charge >= 0.3 is 11.8 Å². The standard InChI is InChI=1S/C6H5N5O6/c12-1-3-7-9-5(16-3)6-10-8-4(17-6)2-15-11(13)14/h12H,1-2H2. The van der Waals surface area contributed by atoms with Crippen LogP contribution in [0.2, 0.25) is 0 Å². The molecule has 1 N–H and O–H groups in total. The van der Waals surface area contributed by atoms with Crippen LogP contribution in [-0.4, -0.2) is 30.6 Å². The molecular formula is C6H5N5O6. The molecule has 2 aromatic rings. The van der Waals surface area contributed by atoms with Crippen LogP contribution in [0, 0.1) is 10.1 Å². The maximum Gasteiger partial charge on any atom is 0.306 e. The van der Waals surface area contributed by atoms with Gasteiger partial charge in [-0.25, -0.2) is 0 Å². The molecule has 2 aromatic heterocycles. The molecule has 0 atom stereocenters. The molecule has 0 aliphatic heterocycles. The number of hydrogen-bond donors (Lipinski definition) is 1. The number of aliphatic hydroxyl groups excluding tert-OH is 1. The van der Waals surface area contributed by atoms with Crippen molar-refractivity contribution in [2.45, 2.75) is 13.2 Å². The number of hydrogen-bond acceptors (Lipinski definition) is 10. The summed E-state index contributed by atoms with van der Waals surface area (Å²) >= 11 is 0. The molecule has 0 saturated heterocycles. The third-order valence-corrected chi connectivity index (χ3v) is 1.55. The zero-order valence-electron chi connectivity index (χ0n) is 8.14. The summed E-state index contributed by atoms with van der Waals surface area (Å²) in [6.07, 6.45) is 0. The van der Waals surface area contributed by atoms with Crippen LogP contribution in [0.3, 0.4) is 0 Å². The van der Waals surface area contributed by atoms with Gasteiger partial charge in [0, 0.05) is 0 Å². The Bertz CT molecular complexity index is 520. The number of aliphatic hydroxyl groups is 1. The van der Waals surface area contributed by atoms with E-state index in [0.717, 1.165) is 0 Å². The topological polar surface area (TPSA) is 150 Å². The second-order valence-corrected chi connectivity index (χ2v) is 2.66. The Kier molecular flexibility index (Phi) is 2.91. The van der Waals surface area contributed by atoms with Crippen LogP contribution in [0.1, 0.15) is 11.8 Å². The molecule has 0 radical (unpaired) electrons. The summed E-state index contributed by atoms with van der Waals surface area (Å²) in [4.78, 5) is 13.9. The monoisotopic (exact) mass is 243 g/mol. The van der Waals surface area contributed by atoms with Crippen molar-refractivity contribution in [1.29, 1.82) is 0 Å². The Balaban J connectivity index is 2.09. The molecule has 90 valence electrons. The lowest BCUT2D eigenvalue weighted by Gasteiger charge is -1.90. The molecule has 11 heteroatoms. The van der Waals surface area contributed by atoms with Crippen LogP contribution in [-0.2, 0) is 18.1 Å². The molecular weight excluding hydrogens is 238 g/mol. The van der Waals surface area contributed by atoms with Gasteiger partial charge < -0.3 is 18.8 Å². The summed E-state index contributed by atoms with van der Waals surface area (Å²) in [5, 5.41) is 31.6. The van der Waals surface area contributed by atoms with E-state index in [1.165, 1.54) is 0 Å². The van der Waals surface area contributed by atoms with Gasteiger partial charge in [-0.05, 0) is 0 Å². The molecule has 0 bridgehead atoms. The summed E-state index contributed by atoms with van der Waals surface area (Å²) < 4.78 is 9.86. The Morgan fingerprint density at radius 2 is 1.76 bits per heavy atom. The molecule has 0 fully saturated rings. The quantitative estimate of drug-likeness (QED) is 0.528. The van der Waals surface area contributed by atoms with Crippen molar-refractivity contribution in [2.24, 2.45) is 0 Å². The highest BCUT2D eigenvalue weighted by Crippen LogP contribution is 2.16. The van der Waals surface area contributed by atoms with Crippen LogP contribution in [0.5, 0.6) is 0 Å². The van der Waals surface area contributed by atoms with E-state index in [1.807, 2.05) is 0 Å². The summed E-state index contributed by atoms with van der Waals surface area (Å²) in [5.74, 6) is -0.324. The predicted octanol–water partition coefficient (Wildman–Crippen LogP) is -0.680. The molecule has 0 aliphatic rings. The van der Waals surface area contributed by atoms with Crippen LogP contribution in [0.4, 0.5) is 0 Å². The highest BCUT2D eigenvalue weighted by molar-refractivity contribution is 5.34. The molecule has 17 heavy (non-hydrogen) atoms. The fraction of sp³-hybridized carbons (Fsp3) is 0.333. The smallest absolute Gasteiger partial charge is 0.306 e. The van der Waals surface area contributed by atoms with E-state index in [0.29, 0.717) is 0 Å². The van der Waals surface area contributed by atoms with Crippen molar-refractivity contribution in [2.75, 3.05) is 0 Å². The molecule has 0 amide bonds. The van der Waals surface area contributed by atoms with E-state index in [1.54, 1.807) is 0 Å². The van der Waals surface area contributed by atoms with E-state index in [4.69, 9.17) is 13.9 Å². The second kappa shape index (κ2) is 4.52. The first-order chi connectivity index (χ1) is 8.19. The highest BCUT2D eigenvalue weighted by atomic mass is 17.0. The largest absolute Gasteiger partial charge is 0.415 e. The maximum absolute atomic E-state index is 9.92. The number of rotatable bonds is 5. The Labute approximate surface area is 92.1 Å². The van der Waals surface area contributed by atoms with Crippen molar-refractivity contribution < 1.29 is 23.9 Å². The third-order valence-electron chi connectivity index (χ3n) is 1.55. The minimum absolute atomic E-state index is 0.0127. The molecule has 0 unspecified atom stereocenters. The molecule has 0 saturated carbocycles. The predicted molar refractivity (Wildman–Crippen MR) is 45.3 cm³/mol. The van der Waals surface area contributed by atoms with Crippen molar-refractivity contribution in [3.63, 3.8) is 0 Å². The molecule has 0 aliphatic carbocycles. The minimum atomic E-state index is -0.986. The van der Waals surface area contributed by atoms with Gasteiger partial charge in [0.2, 0.25) is 11.8 Å². The van der Waals surface area contributed by atoms with Crippen LogP contribution < -0.4 is 0 Å². The molecule has 0 spiro atoms. The lowest BCUT2D eigenvalue weighted by molar-refractivity contribution is -0.763.